The molecule has 0 amide bonds. The molecule has 0 radical (unpaired) electrons. The first kappa shape index (κ1) is 11.8. The highest BCUT2D eigenvalue weighted by atomic mass is 14.9. The van der Waals surface area contributed by atoms with Crippen LogP contribution in [0.25, 0.3) is 0 Å². The van der Waals surface area contributed by atoms with E-state index in [1.807, 2.05) is 19.1 Å². The van der Waals surface area contributed by atoms with Gasteiger partial charge in [-0.15, -0.1) is 13.2 Å². The van der Waals surface area contributed by atoms with Crippen LogP contribution < -0.4 is 5.32 Å². The molecular formula is C9H19N. The third-order valence-electron chi connectivity index (χ3n) is 0.912. The van der Waals surface area contributed by atoms with Crippen LogP contribution in [0.2, 0.25) is 0 Å². The Morgan fingerprint density at radius 1 is 1.60 bits per heavy atom. The van der Waals surface area contributed by atoms with Gasteiger partial charge in [-0.1, -0.05) is 12.7 Å². The second kappa shape index (κ2) is 10.9. The molecule has 0 aliphatic carbocycles. The molecule has 0 heterocycles. The van der Waals surface area contributed by atoms with Crippen molar-refractivity contribution in [1.29, 1.82) is 0 Å². The molecule has 1 heteroatoms. The van der Waals surface area contributed by atoms with Crippen LogP contribution >= 0.6 is 0 Å². The van der Waals surface area contributed by atoms with Crippen LogP contribution in [-0.2, 0) is 0 Å². The van der Waals surface area contributed by atoms with Gasteiger partial charge in [-0.25, -0.2) is 0 Å². The van der Waals surface area contributed by atoms with E-state index in [1.165, 1.54) is 0 Å². The number of likely N-dealkylation sites (N-methyl/N-ethyl adjacent to an activating group) is 1. The molecular weight excluding hydrogens is 122 g/mol. The quantitative estimate of drug-likeness (QED) is 0.470. The van der Waals surface area contributed by atoms with Crippen LogP contribution in [0, 0.1) is 0 Å². The largest absolute Gasteiger partial charge is 0.386 e. The lowest BCUT2D eigenvalue weighted by Crippen LogP contribution is -2.09. The second-order valence-electron chi connectivity index (χ2n) is 1.48. The van der Waals surface area contributed by atoms with E-state index in [-0.39, 0.29) is 1.43 Å². The molecule has 0 unspecified atom stereocenters. The summed E-state index contributed by atoms with van der Waals surface area (Å²) in [4.78, 5) is 0. The zero-order valence-electron chi connectivity index (χ0n) is 6.98. The van der Waals surface area contributed by atoms with Crippen LogP contribution in [0.3, 0.4) is 0 Å². The van der Waals surface area contributed by atoms with E-state index in [2.05, 4.69) is 32.0 Å². The highest BCUT2D eigenvalue weighted by Gasteiger charge is 1.79. The van der Waals surface area contributed by atoms with Crippen molar-refractivity contribution in [3.63, 3.8) is 0 Å². The number of rotatable bonds is 3. The van der Waals surface area contributed by atoms with E-state index in [0.717, 1.165) is 12.2 Å². The predicted octanol–water partition coefficient (Wildman–Crippen LogP) is 2.73. The van der Waals surface area contributed by atoms with Crippen LogP contribution in [0.1, 0.15) is 15.3 Å². The summed E-state index contributed by atoms with van der Waals surface area (Å²) in [7, 11) is 0. The minimum atomic E-state index is 0. The fourth-order valence-corrected chi connectivity index (χ4v) is 0.496. The minimum Gasteiger partial charge on any atom is -0.386 e. The van der Waals surface area contributed by atoms with Crippen LogP contribution in [0.5, 0.6) is 0 Å². The molecule has 0 atom stereocenters. The average Bonchev–Trinajstić information content (AvgIpc) is 2.04. The van der Waals surface area contributed by atoms with Gasteiger partial charge in [0.15, 0.2) is 0 Å². The molecule has 10 heavy (non-hydrogen) atoms. The zero-order valence-corrected chi connectivity index (χ0v) is 6.98. The summed E-state index contributed by atoms with van der Waals surface area (Å²) in [6, 6.07) is 0. The Hall–Kier alpha value is -0.980. The van der Waals surface area contributed by atoms with E-state index in [0.29, 0.717) is 0 Å². The SMILES string of the molecule is C=C.C=C/C(=C\C)NCC.[HH]. The molecule has 0 aromatic rings. The van der Waals surface area contributed by atoms with Crippen molar-refractivity contribution in [2.45, 2.75) is 13.8 Å². The van der Waals surface area contributed by atoms with Crippen LogP contribution in [-0.4, -0.2) is 6.54 Å². The summed E-state index contributed by atoms with van der Waals surface area (Å²) in [5.41, 5.74) is 1.10. The highest BCUT2D eigenvalue weighted by Crippen LogP contribution is 1.85. The lowest BCUT2D eigenvalue weighted by atomic mass is 10.4. The monoisotopic (exact) mass is 141 g/mol. The third-order valence-corrected chi connectivity index (χ3v) is 0.912. The first-order valence-corrected chi connectivity index (χ1v) is 3.37. The maximum atomic E-state index is 3.62. The molecule has 1 N–H and O–H groups in total. The molecule has 0 fully saturated rings. The van der Waals surface area contributed by atoms with Gasteiger partial charge in [-0.05, 0) is 19.9 Å². The average molecular weight is 141 g/mol. The third kappa shape index (κ3) is 7.02. The van der Waals surface area contributed by atoms with Gasteiger partial charge in [0.2, 0.25) is 0 Å². The van der Waals surface area contributed by atoms with Crippen molar-refractivity contribution in [3.8, 4) is 0 Å². The molecule has 0 spiro atoms. The summed E-state index contributed by atoms with van der Waals surface area (Å²) in [5, 5.41) is 3.12. The van der Waals surface area contributed by atoms with Crippen molar-refractivity contribution in [2.24, 2.45) is 0 Å². The number of allylic oxidation sites excluding steroid dienone is 2. The Bertz CT molecular complexity index is 108. The molecule has 1 nitrogen and oxygen atoms in total. The van der Waals surface area contributed by atoms with Gasteiger partial charge in [0, 0.05) is 13.7 Å². The molecule has 0 saturated carbocycles. The van der Waals surface area contributed by atoms with Crippen molar-refractivity contribution in [1.82, 2.24) is 5.32 Å². The molecule has 0 aromatic heterocycles. The van der Waals surface area contributed by atoms with Gasteiger partial charge in [0.05, 0.1) is 0 Å². The zero-order chi connectivity index (χ0) is 8.41. The summed E-state index contributed by atoms with van der Waals surface area (Å²) in [5.74, 6) is 0. The van der Waals surface area contributed by atoms with Crippen LogP contribution in [0.15, 0.2) is 37.6 Å². The fraction of sp³-hybridized carbons (Fsp3) is 0.333. The Labute approximate surface area is 65.6 Å². The maximum Gasteiger partial charge on any atom is 0.0290 e. The predicted molar refractivity (Wildman–Crippen MR) is 51.0 cm³/mol. The smallest absolute Gasteiger partial charge is 0.0290 e. The van der Waals surface area contributed by atoms with Gasteiger partial charge < -0.3 is 5.32 Å². The summed E-state index contributed by atoms with van der Waals surface area (Å²) < 4.78 is 0. The van der Waals surface area contributed by atoms with E-state index in [1.54, 1.807) is 0 Å². The maximum absolute atomic E-state index is 3.62. The standard InChI is InChI=1S/C7H13N.C2H4.H2/c1-4-7(5-2)8-6-3;1-2;/h4-5,8H,1,6H2,2-3H3;1-2H2;1H/b7-5+;;. The topological polar surface area (TPSA) is 12.0 Å². The number of hydrogen-bond donors (Lipinski definition) is 1. The Morgan fingerprint density at radius 2 is 2.10 bits per heavy atom. The number of hydrogen-bond acceptors (Lipinski definition) is 1. The summed E-state index contributed by atoms with van der Waals surface area (Å²) >= 11 is 0. The first-order valence-electron chi connectivity index (χ1n) is 3.37. The lowest BCUT2D eigenvalue weighted by molar-refractivity contribution is 0.877. The molecule has 0 bridgehead atoms. The van der Waals surface area contributed by atoms with Crippen LogP contribution in [0.4, 0.5) is 0 Å². The van der Waals surface area contributed by atoms with Crippen molar-refractivity contribution >= 4 is 0 Å². The molecule has 0 saturated heterocycles. The van der Waals surface area contributed by atoms with Crippen molar-refractivity contribution in [2.75, 3.05) is 6.54 Å². The van der Waals surface area contributed by atoms with E-state index in [4.69, 9.17) is 0 Å². The first-order chi connectivity index (χ1) is 4.85. The second-order valence-corrected chi connectivity index (χ2v) is 1.48. The molecule has 0 aliphatic rings. The van der Waals surface area contributed by atoms with Gasteiger partial charge in [-0.3, -0.25) is 0 Å². The van der Waals surface area contributed by atoms with Crippen molar-refractivity contribution < 1.29 is 1.43 Å². The summed E-state index contributed by atoms with van der Waals surface area (Å²) in [6.07, 6.45) is 3.81. The van der Waals surface area contributed by atoms with Gasteiger partial charge in [-0.2, -0.15) is 0 Å². The molecule has 0 aliphatic heterocycles. The lowest BCUT2D eigenvalue weighted by Gasteiger charge is -1.99. The molecule has 60 valence electrons. The fourth-order valence-electron chi connectivity index (χ4n) is 0.496. The number of nitrogens with one attached hydrogen (secondary N) is 1. The van der Waals surface area contributed by atoms with Gasteiger partial charge >= 0.3 is 0 Å². The van der Waals surface area contributed by atoms with E-state index in [9.17, 15) is 0 Å². The summed E-state index contributed by atoms with van der Waals surface area (Å²) in [6.45, 7) is 14.6. The van der Waals surface area contributed by atoms with E-state index >= 15 is 0 Å². The van der Waals surface area contributed by atoms with Gasteiger partial charge in [0.1, 0.15) is 0 Å². The Balaban J connectivity index is -0.000000196. The normalized spacial score (nSPS) is 9.20. The van der Waals surface area contributed by atoms with Gasteiger partial charge in [0.25, 0.3) is 0 Å². The Morgan fingerprint density at radius 3 is 2.20 bits per heavy atom. The highest BCUT2D eigenvalue weighted by molar-refractivity contribution is 5.12. The molecule has 0 aromatic carbocycles. The molecule has 0 rings (SSSR count). The van der Waals surface area contributed by atoms with Crippen molar-refractivity contribution in [3.05, 3.63) is 37.6 Å². The van der Waals surface area contributed by atoms with E-state index < -0.39 is 0 Å². The Kier molecular flexibility index (Phi) is 12.8. The minimum absolute atomic E-state index is 0.